The number of ether oxygens (including phenoxy) is 1. The van der Waals surface area contributed by atoms with E-state index in [1.165, 1.54) is 21.9 Å². The number of hydrogen-bond donors (Lipinski definition) is 1. The number of pyridine rings is 1. The molecular weight excluding hydrogens is 260 g/mol. The molecule has 0 bridgehead atoms. The fourth-order valence-electron chi connectivity index (χ4n) is 2.88. The molecule has 2 heterocycles. The lowest BCUT2D eigenvalue weighted by Gasteiger charge is -2.13. The number of nitrogens with one attached hydrogen (secondary N) is 1. The predicted molar refractivity (Wildman–Crippen MR) is 83.3 cm³/mol. The van der Waals surface area contributed by atoms with Crippen molar-refractivity contribution in [2.24, 2.45) is 0 Å². The number of para-hydroxylation sites is 1. The Morgan fingerprint density at radius 3 is 2.90 bits per heavy atom. The summed E-state index contributed by atoms with van der Waals surface area (Å²) >= 11 is 0. The van der Waals surface area contributed by atoms with Crippen molar-refractivity contribution in [1.29, 1.82) is 0 Å². The molecular formula is C18H16N2O. The lowest BCUT2D eigenvalue weighted by Crippen LogP contribution is -2.22. The van der Waals surface area contributed by atoms with Crippen LogP contribution in [-0.4, -0.2) is 11.6 Å². The molecule has 104 valence electrons. The molecule has 1 aliphatic heterocycles. The van der Waals surface area contributed by atoms with E-state index in [2.05, 4.69) is 40.6 Å². The molecule has 4 rings (SSSR count). The van der Waals surface area contributed by atoms with Crippen molar-refractivity contribution >= 4 is 10.8 Å². The number of fused-ring (bicyclic) bond motifs is 2. The molecule has 0 spiro atoms. The van der Waals surface area contributed by atoms with Gasteiger partial charge < -0.3 is 10.1 Å². The molecule has 1 N–H and O–H groups in total. The fourth-order valence-corrected chi connectivity index (χ4v) is 2.88. The molecule has 0 radical (unpaired) electrons. The lowest BCUT2D eigenvalue weighted by molar-refractivity contribution is 0.310. The third-order valence-corrected chi connectivity index (χ3v) is 3.99. The standard InChI is InChI=1S/C18H16N2O/c1-2-6-15-13(5-1)9-19-10-14(15)11-20-17-12-21-18-8-4-3-7-16(17)18/h1-10,17,20H,11-12H2. The zero-order valence-electron chi connectivity index (χ0n) is 11.6. The Hall–Kier alpha value is -2.39. The van der Waals surface area contributed by atoms with E-state index in [1.807, 2.05) is 30.6 Å². The van der Waals surface area contributed by atoms with Crippen LogP contribution in [0, 0.1) is 0 Å². The molecule has 1 aromatic heterocycles. The van der Waals surface area contributed by atoms with Crippen LogP contribution in [0.5, 0.6) is 5.75 Å². The fraction of sp³-hybridized carbons (Fsp3) is 0.167. The van der Waals surface area contributed by atoms with Gasteiger partial charge in [0.2, 0.25) is 0 Å². The number of hydrogen-bond acceptors (Lipinski definition) is 3. The highest BCUT2D eigenvalue weighted by atomic mass is 16.5. The largest absolute Gasteiger partial charge is 0.491 e. The van der Waals surface area contributed by atoms with Crippen molar-refractivity contribution in [3.63, 3.8) is 0 Å². The predicted octanol–water partition coefficient (Wildman–Crippen LogP) is 3.46. The molecule has 0 aliphatic carbocycles. The van der Waals surface area contributed by atoms with Crippen molar-refractivity contribution in [2.45, 2.75) is 12.6 Å². The minimum atomic E-state index is 0.250. The average Bonchev–Trinajstić information content (AvgIpc) is 2.96. The maximum atomic E-state index is 5.71. The Bertz CT molecular complexity index is 780. The van der Waals surface area contributed by atoms with Crippen molar-refractivity contribution in [3.8, 4) is 5.75 Å². The molecule has 0 amide bonds. The first-order valence-electron chi connectivity index (χ1n) is 7.18. The normalized spacial score (nSPS) is 16.7. The summed E-state index contributed by atoms with van der Waals surface area (Å²) in [6.07, 6.45) is 3.85. The molecule has 1 unspecified atom stereocenters. The van der Waals surface area contributed by atoms with Gasteiger partial charge in [-0.05, 0) is 17.0 Å². The summed E-state index contributed by atoms with van der Waals surface area (Å²) < 4.78 is 5.71. The van der Waals surface area contributed by atoms with Crippen LogP contribution in [0.1, 0.15) is 17.2 Å². The molecule has 1 aliphatic rings. The van der Waals surface area contributed by atoms with Gasteiger partial charge in [0.05, 0.1) is 6.04 Å². The van der Waals surface area contributed by atoms with Crippen LogP contribution in [0.4, 0.5) is 0 Å². The smallest absolute Gasteiger partial charge is 0.124 e. The molecule has 1 atom stereocenters. The van der Waals surface area contributed by atoms with E-state index in [-0.39, 0.29) is 6.04 Å². The summed E-state index contributed by atoms with van der Waals surface area (Å²) in [5.74, 6) is 0.992. The van der Waals surface area contributed by atoms with Gasteiger partial charge in [-0.25, -0.2) is 0 Å². The van der Waals surface area contributed by atoms with E-state index in [4.69, 9.17) is 4.74 Å². The van der Waals surface area contributed by atoms with Crippen molar-refractivity contribution < 1.29 is 4.74 Å². The Morgan fingerprint density at radius 2 is 1.90 bits per heavy atom. The summed E-state index contributed by atoms with van der Waals surface area (Å²) in [5.41, 5.74) is 2.46. The first-order chi connectivity index (χ1) is 10.4. The minimum Gasteiger partial charge on any atom is -0.491 e. The zero-order valence-corrected chi connectivity index (χ0v) is 11.6. The second-order valence-corrected chi connectivity index (χ2v) is 5.30. The van der Waals surface area contributed by atoms with Crippen molar-refractivity contribution in [3.05, 3.63) is 72.1 Å². The number of benzene rings is 2. The van der Waals surface area contributed by atoms with Crippen LogP contribution in [0.2, 0.25) is 0 Å². The monoisotopic (exact) mass is 276 g/mol. The summed E-state index contributed by atoms with van der Waals surface area (Å²) in [6, 6.07) is 16.8. The summed E-state index contributed by atoms with van der Waals surface area (Å²) in [7, 11) is 0. The first-order valence-corrected chi connectivity index (χ1v) is 7.18. The van der Waals surface area contributed by atoms with Gasteiger partial charge in [0.25, 0.3) is 0 Å². The second-order valence-electron chi connectivity index (χ2n) is 5.30. The van der Waals surface area contributed by atoms with E-state index in [1.54, 1.807) is 0 Å². The van der Waals surface area contributed by atoms with Crippen LogP contribution in [0.15, 0.2) is 60.9 Å². The highest BCUT2D eigenvalue weighted by Crippen LogP contribution is 2.32. The third-order valence-electron chi connectivity index (χ3n) is 3.99. The van der Waals surface area contributed by atoms with Gasteiger partial charge in [-0.1, -0.05) is 42.5 Å². The molecule has 0 fully saturated rings. The van der Waals surface area contributed by atoms with E-state index >= 15 is 0 Å². The van der Waals surface area contributed by atoms with Gasteiger partial charge in [-0.2, -0.15) is 0 Å². The van der Waals surface area contributed by atoms with E-state index in [0.29, 0.717) is 6.61 Å². The topological polar surface area (TPSA) is 34.1 Å². The molecule has 0 saturated heterocycles. The summed E-state index contributed by atoms with van der Waals surface area (Å²) in [5, 5.41) is 6.02. The van der Waals surface area contributed by atoms with Gasteiger partial charge in [0.15, 0.2) is 0 Å². The van der Waals surface area contributed by atoms with Gasteiger partial charge in [0.1, 0.15) is 12.4 Å². The minimum absolute atomic E-state index is 0.250. The molecule has 21 heavy (non-hydrogen) atoms. The molecule has 2 aromatic carbocycles. The highest BCUT2D eigenvalue weighted by molar-refractivity contribution is 5.84. The second kappa shape index (κ2) is 5.19. The maximum absolute atomic E-state index is 5.71. The van der Waals surface area contributed by atoms with E-state index in [0.717, 1.165) is 12.3 Å². The van der Waals surface area contributed by atoms with Gasteiger partial charge in [0, 0.05) is 29.9 Å². The van der Waals surface area contributed by atoms with Crippen LogP contribution in [0.3, 0.4) is 0 Å². The van der Waals surface area contributed by atoms with Crippen molar-refractivity contribution in [2.75, 3.05) is 6.61 Å². The molecule has 3 nitrogen and oxygen atoms in total. The highest BCUT2D eigenvalue weighted by Gasteiger charge is 2.22. The molecule has 0 saturated carbocycles. The summed E-state index contributed by atoms with van der Waals surface area (Å²) in [4.78, 5) is 4.33. The quantitative estimate of drug-likeness (QED) is 0.795. The van der Waals surface area contributed by atoms with Crippen LogP contribution >= 0.6 is 0 Å². The Morgan fingerprint density at radius 1 is 1.05 bits per heavy atom. The first kappa shape index (κ1) is 12.4. The summed E-state index contributed by atoms with van der Waals surface area (Å²) in [6.45, 7) is 1.48. The van der Waals surface area contributed by atoms with Crippen LogP contribution < -0.4 is 10.1 Å². The van der Waals surface area contributed by atoms with E-state index < -0.39 is 0 Å². The third kappa shape index (κ3) is 2.26. The van der Waals surface area contributed by atoms with E-state index in [9.17, 15) is 0 Å². The number of rotatable bonds is 3. The Balaban J connectivity index is 1.57. The Labute approximate surface area is 123 Å². The lowest BCUT2D eigenvalue weighted by atomic mass is 10.1. The SMILES string of the molecule is c1ccc2c(c1)OCC2NCc1cncc2ccccc12. The maximum Gasteiger partial charge on any atom is 0.124 e. The average molecular weight is 276 g/mol. The van der Waals surface area contributed by atoms with Gasteiger partial charge in [-0.15, -0.1) is 0 Å². The van der Waals surface area contributed by atoms with Crippen LogP contribution in [-0.2, 0) is 6.54 Å². The van der Waals surface area contributed by atoms with Crippen molar-refractivity contribution in [1.82, 2.24) is 10.3 Å². The van der Waals surface area contributed by atoms with Crippen LogP contribution in [0.25, 0.3) is 10.8 Å². The van der Waals surface area contributed by atoms with Gasteiger partial charge in [-0.3, -0.25) is 4.98 Å². The molecule has 3 aromatic rings. The Kier molecular flexibility index (Phi) is 3.05. The number of aromatic nitrogens is 1. The molecule has 3 heteroatoms. The van der Waals surface area contributed by atoms with Gasteiger partial charge >= 0.3 is 0 Å². The zero-order chi connectivity index (χ0) is 14.1. The number of nitrogens with zero attached hydrogens (tertiary/aromatic N) is 1.